The molecule has 0 aromatic rings. The molecule has 2 heterocycles. The van der Waals surface area contributed by atoms with E-state index in [9.17, 15) is 14.7 Å². The molecule has 2 fully saturated rings. The van der Waals surface area contributed by atoms with Crippen LogP contribution in [0.4, 0.5) is 4.79 Å². The van der Waals surface area contributed by atoms with E-state index in [1.807, 2.05) is 0 Å². The fourth-order valence-electron chi connectivity index (χ4n) is 2.77. The molecule has 6 heteroatoms. The largest absolute Gasteiger partial charge is 0.481 e. The highest BCUT2D eigenvalue weighted by Gasteiger charge is 2.55. The van der Waals surface area contributed by atoms with Crippen molar-refractivity contribution in [3.05, 3.63) is 0 Å². The van der Waals surface area contributed by atoms with Crippen LogP contribution in [0.15, 0.2) is 0 Å². The van der Waals surface area contributed by atoms with E-state index in [1.54, 1.807) is 20.8 Å². The first-order valence-electron chi connectivity index (χ1n) is 6.54. The highest BCUT2D eigenvalue weighted by Crippen LogP contribution is 2.42. The lowest BCUT2D eigenvalue weighted by Crippen LogP contribution is -2.45. The van der Waals surface area contributed by atoms with E-state index in [-0.39, 0.29) is 12.5 Å². The molecule has 0 saturated carbocycles. The summed E-state index contributed by atoms with van der Waals surface area (Å²) in [6.07, 6.45) is 0.00859. The number of carboxylic acid groups (broad SMARTS) is 1. The maximum absolute atomic E-state index is 12.0. The molecule has 108 valence electrons. The van der Waals surface area contributed by atoms with Crippen molar-refractivity contribution >= 4 is 12.1 Å². The third kappa shape index (κ3) is 2.68. The Labute approximate surface area is 112 Å². The topological polar surface area (TPSA) is 76.1 Å². The van der Waals surface area contributed by atoms with Crippen LogP contribution >= 0.6 is 0 Å². The second kappa shape index (κ2) is 4.67. The smallest absolute Gasteiger partial charge is 0.410 e. The van der Waals surface area contributed by atoms with E-state index >= 15 is 0 Å². The Balaban J connectivity index is 2.11. The predicted molar refractivity (Wildman–Crippen MR) is 66.8 cm³/mol. The highest BCUT2D eigenvalue weighted by molar-refractivity contribution is 5.78. The van der Waals surface area contributed by atoms with Crippen molar-refractivity contribution < 1.29 is 24.2 Å². The lowest BCUT2D eigenvalue weighted by molar-refractivity contribution is -0.157. The molecule has 6 nitrogen and oxygen atoms in total. The number of fused-ring (bicyclic) bond motifs is 1. The molecule has 1 N–H and O–H groups in total. The van der Waals surface area contributed by atoms with Gasteiger partial charge in [0, 0.05) is 25.6 Å². The molecule has 2 aliphatic heterocycles. The number of carbonyl (C=O) groups excluding carboxylic acids is 1. The van der Waals surface area contributed by atoms with Gasteiger partial charge in [0.15, 0.2) is 0 Å². The summed E-state index contributed by atoms with van der Waals surface area (Å²) in [5, 5.41) is 9.50. The second-order valence-electron chi connectivity index (χ2n) is 6.34. The molecule has 2 aliphatic rings. The van der Waals surface area contributed by atoms with Gasteiger partial charge in [-0.05, 0) is 27.2 Å². The predicted octanol–water partition coefficient (Wildman–Crippen LogP) is 1.34. The summed E-state index contributed by atoms with van der Waals surface area (Å²) in [5.74, 6) is -0.988. The molecule has 0 unspecified atom stereocenters. The minimum Gasteiger partial charge on any atom is -0.481 e. The van der Waals surface area contributed by atoms with Crippen LogP contribution in [0.25, 0.3) is 0 Å². The van der Waals surface area contributed by atoms with Crippen LogP contribution in [-0.4, -0.2) is 54.0 Å². The van der Waals surface area contributed by atoms with Gasteiger partial charge < -0.3 is 19.5 Å². The molecule has 1 amide bonds. The minimum atomic E-state index is -0.866. The maximum Gasteiger partial charge on any atom is 0.410 e. The van der Waals surface area contributed by atoms with Crippen molar-refractivity contribution in [2.45, 2.75) is 32.8 Å². The average molecular weight is 271 g/mol. The summed E-state index contributed by atoms with van der Waals surface area (Å²) in [5.41, 5.74) is -1.44. The SMILES string of the molecule is CC(C)(C)OC(=O)N1C[C@H]2COCC[C@@]2(C(=O)O)C1. The Morgan fingerprint density at radius 2 is 2.11 bits per heavy atom. The van der Waals surface area contributed by atoms with E-state index in [2.05, 4.69) is 0 Å². The molecule has 2 saturated heterocycles. The Kier molecular flexibility index (Phi) is 3.47. The van der Waals surface area contributed by atoms with E-state index in [1.165, 1.54) is 4.90 Å². The molecule has 0 bridgehead atoms. The Bertz CT molecular complexity index is 389. The number of nitrogens with zero attached hydrogens (tertiary/aromatic N) is 1. The summed E-state index contributed by atoms with van der Waals surface area (Å²) in [7, 11) is 0. The number of carbonyl (C=O) groups is 2. The van der Waals surface area contributed by atoms with Gasteiger partial charge in [-0.25, -0.2) is 4.79 Å². The van der Waals surface area contributed by atoms with Crippen LogP contribution in [-0.2, 0) is 14.3 Å². The van der Waals surface area contributed by atoms with Gasteiger partial charge >= 0.3 is 12.1 Å². The van der Waals surface area contributed by atoms with Crippen molar-refractivity contribution in [3.8, 4) is 0 Å². The van der Waals surface area contributed by atoms with Crippen molar-refractivity contribution in [2.24, 2.45) is 11.3 Å². The molecule has 0 spiro atoms. The molecule has 2 rings (SSSR count). The molecule has 0 aliphatic carbocycles. The number of hydrogen-bond donors (Lipinski definition) is 1. The molecule has 2 atom stereocenters. The van der Waals surface area contributed by atoms with Crippen LogP contribution < -0.4 is 0 Å². The third-order valence-electron chi connectivity index (χ3n) is 3.78. The minimum absolute atomic E-state index is 0.147. The van der Waals surface area contributed by atoms with Gasteiger partial charge in [-0.15, -0.1) is 0 Å². The lowest BCUT2D eigenvalue weighted by Gasteiger charge is -2.33. The first-order valence-corrected chi connectivity index (χ1v) is 6.54. The third-order valence-corrected chi connectivity index (χ3v) is 3.78. The van der Waals surface area contributed by atoms with Gasteiger partial charge in [0.1, 0.15) is 5.60 Å². The number of hydrogen-bond acceptors (Lipinski definition) is 4. The zero-order chi connectivity index (χ0) is 14.3. The average Bonchev–Trinajstić information content (AvgIpc) is 2.67. The number of rotatable bonds is 1. The highest BCUT2D eigenvalue weighted by atomic mass is 16.6. The summed E-state index contributed by atoms with van der Waals surface area (Å²) in [6.45, 7) is 6.82. The van der Waals surface area contributed by atoms with Crippen LogP contribution in [0.3, 0.4) is 0 Å². The fourth-order valence-corrected chi connectivity index (χ4v) is 2.77. The van der Waals surface area contributed by atoms with Crippen molar-refractivity contribution in [2.75, 3.05) is 26.3 Å². The van der Waals surface area contributed by atoms with Gasteiger partial charge in [-0.1, -0.05) is 0 Å². The molecule has 19 heavy (non-hydrogen) atoms. The number of ether oxygens (including phenoxy) is 2. The van der Waals surface area contributed by atoms with Gasteiger partial charge in [-0.2, -0.15) is 0 Å². The van der Waals surface area contributed by atoms with E-state index in [0.717, 1.165) is 0 Å². The van der Waals surface area contributed by atoms with Gasteiger partial charge in [0.25, 0.3) is 0 Å². The molecule has 0 radical (unpaired) electrons. The zero-order valence-electron chi connectivity index (χ0n) is 11.6. The molecule has 0 aromatic carbocycles. The van der Waals surface area contributed by atoms with E-state index in [0.29, 0.717) is 26.2 Å². The van der Waals surface area contributed by atoms with Gasteiger partial charge in [0.2, 0.25) is 0 Å². The molecular formula is C13H21NO5. The van der Waals surface area contributed by atoms with Crippen LogP contribution in [0.1, 0.15) is 27.2 Å². The van der Waals surface area contributed by atoms with Crippen molar-refractivity contribution in [1.82, 2.24) is 4.90 Å². The lowest BCUT2D eigenvalue weighted by atomic mass is 9.74. The maximum atomic E-state index is 12.0. The molecular weight excluding hydrogens is 250 g/mol. The second-order valence-corrected chi connectivity index (χ2v) is 6.34. The van der Waals surface area contributed by atoms with E-state index in [4.69, 9.17) is 9.47 Å². The Morgan fingerprint density at radius 1 is 1.42 bits per heavy atom. The Hall–Kier alpha value is -1.30. The first-order chi connectivity index (χ1) is 8.74. The number of aliphatic carboxylic acids is 1. The van der Waals surface area contributed by atoms with Crippen molar-refractivity contribution in [1.29, 1.82) is 0 Å². The Morgan fingerprint density at radius 3 is 2.63 bits per heavy atom. The van der Waals surface area contributed by atoms with Gasteiger partial charge in [-0.3, -0.25) is 4.79 Å². The van der Waals surface area contributed by atoms with Gasteiger partial charge in [0.05, 0.1) is 12.0 Å². The quantitative estimate of drug-likeness (QED) is 0.779. The fraction of sp³-hybridized carbons (Fsp3) is 0.846. The van der Waals surface area contributed by atoms with Crippen LogP contribution in [0.2, 0.25) is 0 Å². The van der Waals surface area contributed by atoms with Crippen molar-refractivity contribution in [3.63, 3.8) is 0 Å². The standard InChI is InChI=1S/C13H21NO5/c1-12(2,3)19-11(17)14-6-9-7-18-5-4-13(9,8-14)10(15)16/h9H,4-8H2,1-3H3,(H,15,16)/t9-,13+/m0/s1. The number of likely N-dealkylation sites (tertiary alicyclic amines) is 1. The summed E-state index contributed by atoms with van der Waals surface area (Å²) >= 11 is 0. The molecule has 0 aromatic heterocycles. The van der Waals surface area contributed by atoms with Crippen LogP contribution in [0.5, 0.6) is 0 Å². The summed E-state index contributed by atoms with van der Waals surface area (Å²) in [4.78, 5) is 25.1. The number of carboxylic acids is 1. The summed E-state index contributed by atoms with van der Waals surface area (Å²) in [6, 6.07) is 0. The van der Waals surface area contributed by atoms with Crippen LogP contribution in [0, 0.1) is 11.3 Å². The summed E-state index contributed by atoms with van der Waals surface area (Å²) < 4.78 is 10.7. The zero-order valence-corrected chi connectivity index (χ0v) is 11.6. The monoisotopic (exact) mass is 271 g/mol. The number of amides is 1. The first kappa shape index (κ1) is 14.1. The normalized spacial score (nSPS) is 30.9. The van der Waals surface area contributed by atoms with E-state index < -0.39 is 23.1 Å².